The molecule has 8 heteroatoms. The molecule has 2 aromatic rings. The molecule has 1 aliphatic carbocycles. The molecule has 0 spiro atoms. The Bertz CT molecular complexity index is 701. The van der Waals surface area contributed by atoms with Gasteiger partial charge in [0.15, 0.2) is 22.6 Å². The van der Waals surface area contributed by atoms with Crippen molar-refractivity contribution in [2.24, 2.45) is 0 Å². The van der Waals surface area contributed by atoms with Gasteiger partial charge in [-0.1, -0.05) is 17.8 Å². The van der Waals surface area contributed by atoms with Crippen LogP contribution in [0.15, 0.2) is 23.4 Å². The molecule has 1 aliphatic rings. The number of carboxylic acids is 1. The molecule has 1 saturated carbocycles. The van der Waals surface area contributed by atoms with E-state index < -0.39 is 17.6 Å². The van der Waals surface area contributed by atoms with Gasteiger partial charge < -0.3 is 5.11 Å². The number of halogens is 2. The Morgan fingerprint density at radius 1 is 1.38 bits per heavy atom. The van der Waals surface area contributed by atoms with Crippen LogP contribution >= 0.6 is 11.8 Å². The molecule has 3 rings (SSSR count). The lowest BCUT2D eigenvalue weighted by Crippen LogP contribution is -2.04. The highest BCUT2D eigenvalue weighted by Crippen LogP contribution is 2.41. The highest BCUT2D eigenvalue weighted by molar-refractivity contribution is 7.99. The maximum absolute atomic E-state index is 13.9. The third kappa shape index (κ3) is 2.76. The van der Waals surface area contributed by atoms with E-state index in [4.69, 9.17) is 5.11 Å². The van der Waals surface area contributed by atoms with Crippen LogP contribution in [0.3, 0.4) is 0 Å². The monoisotopic (exact) mass is 311 g/mol. The van der Waals surface area contributed by atoms with Gasteiger partial charge in [0.05, 0.1) is 11.3 Å². The largest absolute Gasteiger partial charge is 0.481 e. The van der Waals surface area contributed by atoms with Gasteiger partial charge in [-0.15, -0.1) is 10.2 Å². The van der Waals surface area contributed by atoms with Crippen LogP contribution in [0.5, 0.6) is 0 Å². The Kier molecular flexibility index (Phi) is 3.62. The van der Waals surface area contributed by atoms with Crippen LogP contribution < -0.4 is 0 Å². The SMILES string of the molecule is O=C(O)CSc1nnc(-c2cccc(F)c2F)n1C1CC1. The summed E-state index contributed by atoms with van der Waals surface area (Å²) in [6.07, 6.45) is 1.78. The minimum absolute atomic E-state index is 0.0385. The maximum atomic E-state index is 13.9. The van der Waals surface area contributed by atoms with E-state index in [0.29, 0.717) is 5.16 Å². The molecule has 0 bridgehead atoms. The van der Waals surface area contributed by atoms with Gasteiger partial charge in [-0.3, -0.25) is 9.36 Å². The highest BCUT2D eigenvalue weighted by atomic mass is 32.2. The van der Waals surface area contributed by atoms with Gasteiger partial charge in [-0.25, -0.2) is 8.78 Å². The van der Waals surface area contributed by atoms with E-state index in [1.54, 1.807) is 4.57 Å². The van der Waals surface area contributed by atoms with Crippen LogP contribution in [-0.4, -0.2) is 31.6 Å². The number of carbonyl (C=O) groups is 1. The van der Waals surface area contributed by atoms with Gasteiger partial charge >= 0.3 is 5.97 Å². The summed E-state index contributed by atoms with van der Waals surface area (Å²) in [5.41, 5.74) is 0.0385. The molecule has 1 heterocycles. The van der Waals surface area contributed by atoms with Gasteiger partial charge in [0, 0.05) is 6.04 Å². The zero-order valence-electron chi connectivity index (χ0n) is 10.8. The van der Waals surface area contributed by atoms with E-state index in [0.717, 1.165) is 30.7 Å². The van der Waals surface area contributed by atoms with Crippen molar-refractivity contribution < 1.29 is 18.7 Å². The third-order valence-corrected chi connectivity index (χ3v) is 4.02. The first-order valence-electron chi connectivity index (χ1n) is 6.32. The average molecular weight is 311 g/mol. The normalized spacial score (nSPS) is 14.4. The first-order chi connectivity index (χ1) is 10.1. The van der Waals surface area contributed by atoms with Crippen molar-refractivity contribution in [3.63, 3.8) is 0 Å². The highest BCUT2D eigenvalue weighted by Gasteiger charge is 2.31. The summed E-state index contributed by atoms with van der Waals surface area (Å²) < 4.78 is 29.0. The predicted octanol–water partition coefficient (Wildman–Crippen LogP) is 2.73. The number of hydrogen-bond acceptors (Lipinski definition) is 4. The van der Waals surface area contributed by atoms with Crippen LogP contribution in [-0.2, 0) is 4.79 Å². The first kappa shape index (κ1) is 14.0. The van der Waals surface area contributed by atoms with Gasteiger partial charge in [0.25, 0.3) is 0 Å². The lowest BCUT2D eigenvalue weighted by Gasteiger charge is -2.09. The molecule has 1 aromatic heterocycles. The van der Waals surface area contributed by atoms with Gasteiger partial charge in [0.1, 0.15) is 0 Å². The second kappa shape index (κ2) is 5.44. The summed E-state index contributed by atoms with van der Waals surface area (Å²) in [5, 5.41) is 17.0. The van der Waals surface area contributed by atoms with Crippen molar-refractivity contribution in [3.05, 3.63) is 29.8 Å². The Morgan fingerprint density at radius 3 is 2.81 bits per heavy atom. The second-order valence-electron chi connectivity index (χ2n) is 4.69. The van der Waals surface area contributed by atoms with Gasteiger partial charge in [-0.05, 0) is 25.0 Å². The molecule has 110 valence electrons. The molecule has 21 heavy (non-hydrogen) atoms. The van der Waals surface area contributed by atoms with Crippen LogP contribution in [0.2, 0.25) is 0 Å². The minimum Gasteiger partial charge on any atom is -0.481 e. The average Bonchev–Trinajstić information content (AvgIpc) is 3.20. The molecule has 0 saturated heterocycles. The number of benzene rings is 1. The van der Waals surface area contributed by atoms with Crippen molar-refractivity contribution in [2.45, 2.75) is 24.0 Å². The standard InChI is InChI=1S/C13H11F2N3O2S/c14-9-3-1-2-8(11(9)15)12-16-17-13(21-6-10(19)20)18(12)7-4-5-7/h1-3,7H,4-6H2,(H,19,20). The molecule has 0 amide bonds. The molecule has 0 atom stereocenters. The zero-order chi connectivity index (χ0) is 15.0. The molecule has 5 nitrogen and oxygen atoms in total. The Morgan fingerprint density at radius 2 is 2.14 bits per heavy atom. The number of hydrogen-bond donors (Lipinski definition) is 1. The third-order valence-electron chi connectivity index (χ3n) is 3.09. The Balaban J connectivity index is 2.02. The maximum Gasteiger partial charge on any atom is 0.313 e. The fourth-order valence-corrected chi connectivity index (χ4v) is 2.75. The second-order valence-corrected chi connectivity index (χ2v) is 5.63. The number of thioether (sulfide) groups is 1. The summed E-state index contributed by atoms with van der Waals surface area (Å²) in [6.45, 7) is 0. The molecule has 0 unspecified atom stereocenters. The van der Waals surface area contributed by atoms with Crippen LogP contribution in [0.25, 0.3) is 11.4 Å². The van der Waals surface area contributed by atoms with E-state index in [1.165, 1.54) is 12.1 Å². The smallest absolute Gasteiger partial charge is 0.313 e. The zero-order valence-corrected chi connectivity index (χ0v) is 11.6. The minimum atomic E-state index is -0.971. The molecule has 0 aliphatic heterocycles. The fourth-order valence-electron chi connectivity index (χ4n) is 2.02. The Labute approximate surface area is 123 Å². The number of nitrogens with zero attached hydrogens (tertiary/aromatic N) is 3. The molecule has 0 radical (unpaired) electrons. The van der Waals surface area contributed by atoms with E-state index >= 15 is 0 Å². The molecular formula is C13H11F2N3O2S. The quantitative estimate of drug-likeness (QED) is 0.860. The lowest BCUT2D eigenvalue weighted by molar-refractivity contribution is -0.133. The van der Waals surface area contributed by atoms with Crippen LogP contribution in [0, 0.1) is 11.6 Å². The van der Waals surface area contributed by atoms with Crippen LogP contribution in [0.4, 0.5) is 8.78 Å². The summed E-state index contributed by atoms with van der Waals surface area (Å²) in [4.78, 5) is 10.7. The molecule has 1 fully saturated rings. The summed E-state index contributed by atoms with van der Waals surface area (Å²) in [5.74, 6) is -2.80. The van der Waals surface area contributed by atoms with Crippen molar-refractivity contribution in [1.29, 1.82) is 0 Å². The molecular weight excluding hydrogens is 300 g/mol. The molecule has 1 N–H and O–H groups in total. The van der Waals surface area contributed by atoms with Crippen molar-refractivity contribution >= 4 is 17.7 Å². The van der Waals surface area contributed by atoms with E-state index in [-0.39, 0.29) is 23.2 Å². The lowest BCUT2D eigenvalue weighted by atomic mass is 10.2. The molecule has 1 aromatic carbocycles. The fraction of sp³-hybridized carbons (Fsp3) is 0.308. The number of carboxylic acid groups (broad SMARTS) is 1. The van der Waals surface area contributed by atoms with Gasteiger partial charge in [-0.2, -0.15) is 0 Å². The number of aromatic nitrogens is 3. The summed E-state index contributed by atoms with van der Waals surface area (Å²) in [6, 6.07) is 4.00. The predicted molar refractivity (Wildman–Crippen MR) is 72.0 cm³/mol. The first-order valence-corrected chi connectivity index (χ1v) is 7.30. The number of aliphatic carboxylic acids is 1. The van der Waals surface area contributed by atoms with Crippen molar-refractivity contribution in [1.82, 2.24) is 14.8 Å². The van der Waals surface area contributed by atoms with Gasteiger partial charge in [0.2, 0.25) is 0 Å². The summed E-state index contributed by atoms with van der Waals surface area (Å²) in [7, 11) is 0. The van der Waals surface area contributed by atoms with Crippen LogP contribution in [0.1, 0.15) is 18.9 Å². The summed E-state index contributed by atoms with van der Waals surface area (Å²) >= 11 is 1.02. The Hall–Kier alpha value is -1.96. The van der Waals surface area contributed by atoms with Crippen molar-refractivity contribution in [3.8, 4) is 11.4 Å². The van der Waals surface area contributed by atoms with Crippen molar-refractivity contribution in [2.75, 3.05) is 5.75 Å². The number of rotatable bonds is 5. The van der Waals surface area contributed by atoms with E-state index in [2.05, 4.69) is 10.2 Å². The van der Waals surface area contributed by atoms with E-state index in [1.807, 2.05) is 0 Å². The van der Waals surface area contributed by atoms with E-state index in [9.17, 15) is 13.6 Å². The topological polar surface area (TPSA) is 68.0 Å².